The van der Waals surface area contributed by atoms with E-state index in [0.29, 0.717) is 31.5 Å². The van der Waals surface area contributed by atoms with E-state index in [9.17, 15) is 8.42 Å². The summed E-state index contributed by atoms with van der Waals surface area (Å²) in [6.07, 6.45) is 0. The number of primary sulfonamides is 1. The molecule has 0 spiro atoms. The van der Waals surface area contributed by atoms with Gasteiger partial charge >= 0.3 is 0 Å². The van der Waals surface area contributed by atoms with Crippen LogP contribution in [0.2, 0.25) is 0 Å². The topological polar surface area (TPSA) is 119 Å². The van der Waals surface area contributed by atoms with Crippen LogP contribution in [-0.4, -0.2) is 38.6 Å². The van der Waals surface area contributed by atoms with Gasteiger partial charge < -0.3 is 15.4 Å². The van der Waals surface area contributed by atoms with Crippen molar-refractivity contribution in [2.45, 2.75) is 11.4 Å². The maximum Gasteiger partial charge on any atom is 0.238 e. The first-order chi connectivity index (χ1) is 15.5. The number of anilines is 2. The summed E-state index contributed by atoms with van der Waals surface area (Å²) in [5.74, 6) is 1.22. The van der Waals surface area contributed by atoms with Crippen LogP contribution in [0.15, 0.2) is 64.9 Å². The summed E-state index contributed by atoms with van der Waals surface area (Å²) in [5.41, 5.74) is 3.04. The van der Waals surface area contributed by atoms with Crippen LogP contribution in [0.3, 0.4) is 0 Å². The number of benzene rings is 2. The van der Waals surface area contributed by atoms with Crippen LogP contribution in [0.1, 0.15) is 5.56 Å². The lowest BCUT2D eigenvalue weighted by Gasteiger charge is -2.12. The summed E-state index contributed by atoms with van der Waals surface area (Å²) < 4.78 is 28.1. The van der Waals surface area contributed by atoms with E-state index in [0.717, 1.165) is 26.9 Å². The summed E-state index contributed by atoms with van der Waals surface area (Å²) in [6.45, 7) is 1.59. The van der Waals surface area contributed by atoms with E-state index in [4.69, 9.17) is 14.9 Å². The highest BCUT2D eigenvalue weighted by Crippen LogP contribution is 2.37. The molecule has 32 heavy (non-hydrogen) atoms. The molecule has 0 aliphatic heterocycles. The van der Waals surface area contributed by atoms with E-state index in [2.05, 4.69) is 33.1 Å². The van der Waals surface area contributed by atoms with Gasteiger partial charge in [-0.15, -0.1) is 11.3 Å². The molecular weight excluding hydrogens is 446 g/mol. The zero-order valence-electron chi connectivity index (χ0n) is 17.4. The number of hydrogen-bond donors (Lipinski definition) is 3. The lowest BCUT2D eigenvalue weighted by Crippen LogP contribution is -2.12. The minimum Gasteiger partial charge on any atom is -0.383 e. The molecule has 4 rings (SSSR count). The van der Waals surface area contributed by atoms with Crippen LogP contribution < -0.4 is 15.8 Å². The largest absolute Gasteiger partial charge is 0.383 e. The quantitative estimate of drug-likeness (QED) is 0.320. The number of ether oxygens (including phenoxy) is 1. The molecule has 0 aliphatic carbocycles. The van der Waals surface area contributed by atoms with Crippen molar-refractivity contribution in [1.29, 1.82) is 0 Å². The molecule has 0 saturated heterocycles. The van der Waals surface area contributed by atoms with Crippen molar-refractivity contribution in [3.8, 4) is 11.1 Å². The van der Waals surface area contributed by atoms with Crippen molar-refractivity contribution in [3.05, 3.63) is 65.5 Å². The summed E-state index contributed by atoms with van der Waals surface area (Å²) in [4.78, 5) is 10.3. The molecule has 0 fully saturated rings. The van der Waals surface area contributed by atoms with Crippen molar-refractivity contribution in [2.24, 2.45) is 5.14 Å². The van der Waals surface area contributed by atoms with Crippen LogP contribution in [0, 0.1) is 0 Å². The molecule has 2 heterocycles. The second kappa shape index (κ2) is 9.61. The number of hydrogen-bond acceptors (Lipinski definition) is 8. The highest BCUT2D eigenvalue weighted by atomic mass is 32.2. The predicted octanol–water partition coefficient (Wildman–Crippen LogP) is 3.68. The Morgan fingerprint density at radius 1 is 1.03 bits per heavy atom. The van der Waals surface area contributed by atoms with E-state index in [1.54, 1.807) is 30.6 Å². The Bertz CT molecular complexity index is 1310. The van der Waals surface area contributed by atoms with Gasteiger partial charge in [0.1, 0.15) is 10.6 Å². The van der Waals surface area contributed by atoms with Crippen LogP contribution in [0.4, 0.5) is 11.8 Å². The van der Waals surface area contributed by atoms with Crippen molar-refractivity contribution in [2.75, 3.05) is 30.9 Å². The Balaban J connectivity index is 1.67. The van der Waals surface area contributed by atoms with Gasteiger partial charge in [-0.2, -0.15) is 4.98 Å². The molecule has 2 aromatic carbocycles. The third-order valence-electron chi connectivity index (χ3n) is 4.82. The fourth-order valence-electron chi connectivity index (χ4n) is 3.23. The number of methoxy groups -OCH3 is 1. The second-order valence-corrected chi connectivity index (χ2v) is 9.47. The van der Waals surface area contributed by atoms with E-state index in [1.807, 2.05) is 18.2 Å². The lowest BCUT2D eigenvalue weighted by atomic mass is 10.1. The molecule has 2 aromatic heterocycles. The number of thiophene rings is 1. The fraction of sp³-hybridized carbons (Fsp3) is 0.182. The molecule has 0 bridgehead atoms. The number of nitrogens with zero attached hydrogens (tertiary/aromatic N) is 2. The summed E-state index contributed by atoms with van der Waals surface area (Å²) in [7, 11) is -2.07. The Kier molecular flexibility index (Phi) is 6.66. The van der Waals surface area contributed by atoms with Gasteiger partial charge in [-0.25, -0.2) is 18.5 Å². The number of sulfonamides is 1. The second-order valence-electron chi connectivity index (χ2n) is 7.05. The molecule has 8 nitrogen and oxygen atoms in total. The van der Waals surface area contributed by atoms with E-state index < -0.39 is 10.0 Å². The van der Waals surface area contributed by atoms with Gasteiger partial charge in [0.05, 0.1) is 16.9 Å². The number of rotatable bonds is 9. The highest BCUT2D eigenvalue weighted by molar-refractivity contribution is 7.89. The van der Waals surface area contributed by atoms with Gasteiger partial charge in [0.2, 0.25) is 16.0 Å². The van der Waals surface area contributed by atoms with Gasteiger partial charge in [0, 0.05) is 31.1 Å². The molecule has 0 saturated carbocycles. The van der Waals surface area contributed by atoms with Gasteiger partial charge in [-0.3, -0.25) is 0 Å². The van der Waals surface area contributed by atoms with Gasteiger partial charge in [0.25, 0.3) is 0 Å². The fourth-order valence-corrected chi connectivity index (χ4v) is 4.69. The summed E-state index contributed by atoms with van der Waals surface area (Å²) >= 11 is 1.56. The Hall–Kier alpha value is -3.05. The molecule has 4 aromatic rings. The average Bonchev–Trinajstić information content (AvgIpc) is 3.22. The number of nitrogens with one attached hydrogen (secondary N) is 2. The van der Waals surface area contributed by atoms with Crippen LogP contribution >= 0.6 is 11.3 Å². The van der Waals surface area contributed by atoms with Crippen molar-refractivity contribution < 1.29 is 13.2 Å². The van der Waals surface area contributed by atoms with Crippen LogP contribution in [0.25, 0.3) is 21.3 Å². The number of fused-ring (bicyclic) bond motifs is 1. The molecule has 0 radical (unpaired) electrons. The minimum absolute atomic E-state index is 0.0829. The van der Waals surface area contributed by atoms with Crippen LogP contribution in [-0.2, 0) is 21.3 Å². The third kappa shape index (κ3) is 5.05. The highest BCUT2D eigenvalue weighted by Gasteiger charge is 2.15. The SMILES string of the molecule is COCCNc1nc(NCc2ccc(S(N)(=O)=O)cc2)c2c(-c3ccccc3)csc2n1. The molecular formula is C22H23N5O3S2. The maximum atomic E-state index is 11.5. The number of nitrogens with two attached hydrogens (primary N) is 1. The molecule has 166 valence electrons. The predicted molar refractivity (Wildman–Crippen MR) is 128 cm³/mol. The molecule has 0 aliphatic rings. The smallest absolute Gasteiger partial charge is 0.238 e. The van der Waals surface area contributed by atoms with Crippen molar-refractivity contribution >= 4 is 43.3 Å². The zero-order valence-corrected chi connectivity index (χ0v) is 19.0. The third-order valence-corrected chi connectivity index (χ3v) is 6.62. The summed E-state index contributed by atoms with van der Waals surface area (Å²) in [6, 6.07) is 16.6. The number of aromatic nitrogens is 2. The first kappa shape index (κ1) is 22.2. The lowest BCUT2D eigenvalue weighted by molar-refractivity contribution is 0.210. The van der Waals surface area contributed by atoms with E-state index in [-0.39, 0.29) is 4.90 Å². The van der Waals surface area contributed by atoms with Gasteiger partial charge in [-0.05, 0) is 23.3 Å². The monoisotopic (exact) mass is 469 g/mol. The Morgan fingerprint density at radius 3 is 2.47 bits per heavy atom. The van der Waals surface area contributed by atoms with Crippen molar-refractivity contribution in [1.82, 2.24) is 9.97 Å². The Labute approximate surface area is 190 Å². The first-order valence-electron chi connectivity index (χ1n) is 9.89. The zero-order chi connectivity index (χ0) is 22.6. The maximum absolute atomic E-state index is 11.5. The molecule has 0 amide bonds. The summed E-state index contributed by atoms with van der Waals surface area (Å²) in [5, 5.41) is 14.8. The van der Waals surface area contributed by atoms with Crippen LogP contribution in [0.5, 0.6) is 0 Å². The minimum atomic E-state index is -3.72. The standard InChI is InChI=1S/C22H23N5O3S2/c1-30-12-11-24-22-26-20(25-13-15-7-9-17(10-8-15)32(23,28)29)19-18(14-31-21(19)27-22)16-5-3-2-4-6-16/h2-10,14H,11-13H2,1H3,(H2,23,28,29)(H2,24,25,26,27). The molecule has 0 unspecified atom stereocenters. The first-order valence-corrected chi connectivity index (χ1v) is 12.3. The Morgan fingerprint density at radius 2 is 1.78 bits per heavy atom. The normalized spacial score (nSPS) is 11.6. The average molecular weight is 470 g/mol. The van der Waals surface area contributed by atoms with E-state index in [1.165, 1.54) is 12.1 Å². The van der Waals surface area contributed by atoms with Gasteiger partial charge in [-0.1, -0.05) is 42.5 Å². The van der Waals surface area contributed by atoms with Gasteiger partial charge in [0.15, 0.2) is 0 Å². The molecule has 10 heteroatoms. The van der Waals surface area contributed by atoms with Crippen molar-refractivity contribution in [3.63, 3.8) is 0 Å². The van der Waals surface area contributed by atoms with E-state index >= 15 is 0 Å². The molecule has 4 N–H and O–H groups in total. The molecule has 0 atom stereocenters.